The summed E-state index contributed by atoms with van der Waals surface area (Å²) in [6.07, 6.45) is 1.93. The summed E-state index contributed by atoms with van der Waals surface area (Å²) in [5, 5.41) is 0. The van der Waals surface area contributed by atoms with E-state index in [0.717, 1.165) is 19.4 Å². The van der Waals surface area contributed by atoms with Gasteiger partial charge in [-0.3, -0.25) is 4.79 Å². The van der Waals surface area contributed by atoms with Crippen molar-refractivity contribution in [3.05, 3.63) is 0 Å². The van der Waals surface area contributed by atoms with Crippen molar-refractivity contribution < 1.29 is 30.1 Å². The van der Waals surface area contributed by atoms with E-state index in [-0.39, 0.29) is 35.9 Å². The normalized spacial score (nSPS) is 28.7. The lowest BCUT2D eigenvalue weighted by Gasteiger charge is -2.42. The molecule has 2 aliphatic heterocycles. The van der Waals surface area contributed by atoms with Crippen LogP contribution < -0.4 is 12.4 Å². The van der Waals surface area contributed by atoms with Crippen molar-refractivity contribution in [1.29, 1.82) is 0 Å². The molecule has 0 saturated carbocycles. The minimum absolute atomic E-state index is 0. The molecule has 0 radical (unpaired) electrons. The van der Waals surface area contributed by atoms with Gasteiger partial charge in [0.2, 0.25) is 0 Å². The number of hydrogen-bond donors (Lipinski definition) is 0. The molecule has 2 rings (SSSR count). The highest BCUT2D eigenvalue weighted by Gasteiger charge is 2.49. The van der Waals surface area contributed by atoms with Crippen LogP contribution in [0.5, 0.6) is 0 Å². The summed E-state index contributed by atoms with van der Waals surface area (Å²) in [5.41, 5.74) is 0. The van der Waals surface area contributed by atoms with E-state index in [0.29, 0.717) is 17.6 Å². The van der Waals surface area contributed by atoms with Gasteiger partial charge in [0.15, 0.2) is 15.9 Å². The van der Waals surface area contributed by atoms with Crippen LogP contribution in [0.4, 0.5) is 0 Å². The van der Waals surface area contributed by atoms with Crippen molar-refractivity contribution in [3.8, 4) is 0 Å². The van der Waals surface area contributed by atoms with E-state index in [1.807, 2.05) is 0 Å². The number of likely N-dealkylation sites (N-methyl/N-ethyl adjacent to an activating group) is 1. The third-order valence-corrected chi connectivity index (χ3v) is 5.77. The van der Waals surface area contributed by atoms with Crippen LogP contribution in [0, 0.1) is 0 Å². The number of hydrogen-bond acceptors (Lipinski definition) is 3. The first kappa shape index (κ1) is 15.7. The van der Waals surface area contributed by atoms with Crippen LogP contribution in [0.15, 0.2) is 0 Å². The first-order valence-electron chi connectivity index (χ1n) is 6.14. The molecule has 0 N–H and O–H groups in total. The van der Waals surface area contributed by atoms with Gasteiger partial charge in [-0.25, -0.2) is 8.42 Å². The Hall–Kier alpha value is -0.330. The zero-order valence-electron chi connectivity index (χ0n) is 10.9. The van der Waals surface area contributed by atoms with Crippen LogP contribution in [-0.4, -0.2) is 75.0 Å². The molecular weight excluding hydrogens is 276 g/mol. The maximum atomic E-state index is 12.1. The Labute approximate surface area is 115 Å². The lowest BCUT2D eigenvalue weighted by atomic mass is 10.1. The Morgan fingerprint density at radius 1 is 1.17 bits per heavy atom. The van der Waals surface area contributed by atoms with Gasteiger partial charge in [-0.05, 0) is 0 Å². The summed E-state index contributed by atoms with van der Waals surface area (Å²) >= 11 is 0. The van der Waals surface area contributed by atoms with Gasteiger partial charge in [-0.15, -0.1) is 0 Å². The zero-order chi connectivity index (χ0) is 12.7. The van der Waals surface area contributed by atoms with Gasteiger partial charge < -0.3 is 21.8 Å². The number of sulfone groups is 1. The topological polar surface area (TPSA) is 54.5 Å². The van der Waals surface area contributed by atoms with Crippen LogP contribution >= 0.6 is 0 Å². The van der Waals surface area contributed by atoms with Gasteiger partial charge in [0, 0.05) is 26.9 Å². The standard InChI is InChI=1S/C11H21N2O3S.ClH/c1-12(2)11(14)10-4-3-5-13(10)6-8-17(15,16)9-7-13;/h10H,3-9H2,1-2H3;1H/q+1;/p-1. The number of carbonyl (C=O) groups excluding carboxylic acids is 1. The average Bonchev–Trinajstić information content (AvgIpc) is 2.66. The third-order valence-electron chi connectivity index (χ3n) is 4.16. The van der Waals surface area contributed by atoms with E-state index in [9.17, 15) is 13.2 Å². The summed E-state index contributed by atoms with van der Waals surface area (Å²) in [6, 6.07) is -0.0134. The molecule has 2 heterocycles. The number of nitrogens with zero attached hydrogens (tertiary/aromatic N) is 2. The van der Waals surface area contributed by atoms with Crippen molar-refractivity contribution in [2.24, 2.45) is 0 Å². The molecule has 0 aromatic heterocycles. The van der Waals surface area contributed by atoms with E-state index < -0.39 is 9.84 Å². The van der Waals surface area contributed by atoms with Crippen molar-refractivity contribution >= 4 is 15.7 Å². The number of halogens is 1. The first-order valence-corrected chi connectivity index (χ1v) is 7.96. The van der Waals surface area contributed by atoms with Crippen molar-refractivity contribution in [2.45, 2.75) is 18.9 Å². The molecule has 7 heteroatoms. The molecular formula is C11H21ClN2O3S. The van der Waals surface area contributed by atoms with E-state index in [1.54, 1.807) is 19.0 Å². The average molecular weight is 297 g/mol. The third kappa shape index (κ3) is 2.81. The predicted molar refractivity (Wildman–Crippen MR) is 65.2 cm³/mol. The molecule has 1 amide bonds. The highest BCUT2D eigenvalue weighted by molar-refractivity contribution is 7.91. The minimum Gasteiger partial charge on any atom is -1.00 e. The summed E-state index contributed by atoms with van der Waals surface area (Å²) < 4.78 is 23.7. The summed E-state index contributed by atoms with van der Waals surface area (Å²) in [7, 11) is 0.695. The number of rotatable bonds is 1. The first-order chi connectivity index (χ1) is 7.86. The van der Waals surface area contributed by atoms with Crippen molar-refractivity contribution in [1.82, 2.24) is 4.90 Å². The smallest absolute Gasteiger partial charge is 0.280 e. The maximum absolute atomic E-state index is 12.1. The van der Waals surface area contributed by atoms with Crippen LogP contribution in [-0.2, 0) is 14.6 Å². The molecule has 1 spiro atoms. The second-order valence-electron chi connectivity index (χ2n) is 5.43. The van der Waals surface area contributed by atoms with Crippen LogP contribution in [0.3, 0.4) is 0 Å². The molecule has 0 aromatic carbocycles. The van der Waals surface area contributed by atoms with Crippen LogP contribution in [0.2, 0.25) is 0 Å². The second-order valence-corrected chi connectivity index (χ2v) is 7.74. The van der Waals surface area contributed by atoms with E-state index >= 15 is 0 Å². The molecule has 5 nitrogen and oxygen atoms in total. The minimum atomic E-state index is -2.86. The van der Waals surface area contributed by atoms with Crippen LogP contribution in [0.1, 0.15) is 12.8 Å². The van der Waals surface area contributed by atoms with Gasteiger partial charge in [0.05, 0.1) is 31.1 Å². The highest BCUT2D eigenvalue weighted by atomic mass is 35.5. The second kappa shape index (κ2) is 5.35. The Balaban J connectivity index is 0.00000162. The van der Waals surface area contributed by atoms with E-state index in [1.165, 1.54) is 0 Å². The van der Waals surface area contributed by atoms with Gasteiger partial charge >= 0.3 is 0 Å². The molecule has 1 atom stereocenters. The quantitative estimate of drug-likeness (QED) is 0.472. The zero-order valence-corrected chi connectivity index (χ0v) is 12.5. The predicted octanol–water partition coefficient (Wildman–Crippen LogP) is -3.51. The molecule has 0 aromatic rings. The van der Waals surface area contributed by atoms with E-state index in [2.05, 4.69) is 0 Å². The molecule has 18 heavy (non-hydrogen) atoms. The van der Waals surface area contributed by atoms with Gasteiger partial charge in [0.1, 0.15) is 0 Å². The fraction of sp³-hybridized carbons (Fsp3) is 0.909. The Morgan fingerprint density at radius 3 is 2.22 bits per heavy atom. The molecule has 2 aliphatic rings. The molecule has 2 fully saturated rings. The fourth-order valence-corrected chi connectivity index (χ4v) is 4.56. The van der Waals surface area contributed by atoms with Crippen LogP contribution in [0.25, 0.3) is 0 Å². The SMILES string of the molecule is CN(C)C(=O)C1CCC[N+]12CCS(=O)(=O)CC2.[Cl-]. The van der Waals surface area contributed by atoms with Crippen molar-refractivity contribution in [2.75, 3.05) is 45.2 Å². The highest BCUT2D eigenvalue weighted by Crippen LogP contribution is 2.30. The fourth-order valence-electron chi connectivity index (χ4n) is 3.08. The Morgan fingerprint density at radius 2 is 1.72 bits per heavy atom. The van der Waals surface area contributed by atoms with Gasteiger partial charge in [-0.1, -0.05) is 0 Å². The Bertz CT molecular complexity index is 408. The van der Waals surface area contributed by atoms with Crippen molar-refractivity contribution in [3.63, 3.8) is 0 Å². The molecule has 0 bridgehead atoms. The van der Waals surface area contributed by atoms with E-state index in [4.69, 9.17) is 0 Å². The van der Waals surface area contributed by atoms with Gasteiger partial charge in [-0.2, -0.15) is 0 Å². The Kier molecular flexibility index (Phi) is 4.67. The summed E-state index contributed by atoms with van der Waals surface area (Å²) in [4.78, 5) is 13.8. The monoisotopic (exact) mass is 296 g/mol. The lowest BCUT2D eigenvalue weighted by molar-refractivity contribution is -0.928. The molecule has 0 aliphatic carbocycles. The number of quaternary nitrogens is 1. The maximum Gasteiger partial charge on any atom is 0.280 e. The summed E-state index contributed by atoms with van der Waals surface area (Å²) in [6.45, 7) is 2.19. The lowest BCUT2D eigenvalue weighted by Crippen LogP contribution is -3.00. The number of amides is 1. The van der Waals surface area contributed by atoms with Gasteiger partial charge in [0.25, 0.3) is 5.91 Å². The molecule has 1 unspecified atom stereocenters. The summed E-state index contributed by atoms with van der Waals surface area (Å²) in [5.74, 6) is 0.635. The molecule has 2 saturated heterocycles. The largest absolute Gasteiger partial charge is 1.00 e. The molecule has 106 valence electrons. The number of carbonyl (C=O) groups is 1.